The Kier molecular flexibility index (Phi) is 8.20. The van der Waals surface area contributed by atoms with Crippen LogP contribution in [0.5, 0.6) is 11.5 Å². The molecule has 33 heavy (non-hydrogen) atoms. The Hall–Kier alpha value is -3.22. The zero-order valence-corrected chi connectivity index (χ0v) is 20.2. The fourth-order valence-electron chi connectivity index (χ4n) is 4.20. The van der Waals surface area contributed by atoms with Crippen molar-refractivity contribution in [1.29, 1.82) is 0 Å². The van der Waals surface area contributed by atoms with Crippen LogP contribution in [0.2, 0.25) is 0 Å². The van der Waals surface area contributed by atoms with E-state index in [1.807, 2.05) is 13.8 Å². The SMILES string of the molecule is CCc1ccc(C2CCC(C(=O)Nc3ccc(OC)cc3OC)CN2C(=O)NC(C)C)cc1. The number of likely N-dealkylation sites (tertiary alicyclic amines) is 1. The van der Waals surface area contributed by atoms with Crippen LogP contribution in [-0.4, -0.2) is 43.6 Å². The zero-order chi connectivity index (χ0) is 24.0. The summed E-state index contributed by atoms with van der Waals surface area (Å²) in [5.41, 5.74) is 2.94. The molecule has 0 saturated carbocycles. The Morgan fingerprint density at radius 1 is 1.06 bits per heavy atom. The molecule has 3 rings (SSSR count). The molecular formula is C26H35N3O4. The number of methoxy groups -OCH3 is 2. The highest BCUT2D eigenvalue weighted by Crippen LogP contribution is 2.35. The third-order valence-electron chi connectivity index (χ3n) is 6.06. The molecule has 1 aliphatic rings. The summed E-state index contributed by atoms with van der Waals surface area (Å²) in [6, 6.07) is 13.5. The summed E-state index contributed by atoms with van der Waals surface area (Å²) in [7, 11) is 3.13. The van der Waals surface area contributed by atoms with Gasteiger partial charge < -0.3 is 25.0 Å². The van der Waals surface area contributed by atoms with Gasteiger partial charge in [-0.05, 0) is 56.4 Å². The molecule has 7 heteroatoms. The van der Waals surface area contributed by atoms with Crippen LogP contribution in [0.25, 0.3) is 0 Å². The molecule has 0 bridgehead atoms. The molecule has 0 radical (unpaired) electrons. The van der Waals surface area contributed by atoms with Crippen molar-refractivity contribution >= 4 is 17.6 Å². The first kappa shape index (κ1) is 24.4. The highest BCUT2D eigenvalue weighted by molar-refractivity contribution is 5.94. The van der Waals surface area contributed by atoms with Gasteiger partial charge >= 0.3 is 6.03 Å². The maximum Gasteiger partial charge on any atom is 0.318 e. The number of aryl methyl sites for hydroxylation is 1. The minimum absolute atomic E-state index is 0.0124. The Balaban J connectivity index is 1.78. The number of amides is 3. The topological polar surface area (TPSA) is 79.9 Å². The van der Waals surface area contributed by atoms with Crippen LogP contribution in [0.1, 0.15) is 50.8 Å². The van der Waals surface area contributed by atoms with Gasteiger partial charge in [-0.2, -0.15) is 0 Å². The number of urea groups is 1. The molecule has 0 aromatic heterocycles. The number of anilines is 1. The van der Waals surface area contributed by atoms with E-state index in [1.54, 1.807) is 37.3 Å². The number of piperidine rings is 1. The number of ether oxygens (including phenoxy) is 2. The summed E-state index contributed by atoms with van der Waals surface area (Å²) >= 11 is 0. The molecule has 2 atom stereocenters. The first-order valence-corrected chi connectivity index (χ1v) is 11.5. The van der Waals surface area contributed by atoms with Gasteiger partial charge in [-0.15, -0.1) is 0 Å². The fraction of sp³-hybridized carbons (Fsp3) is 0.462. The van der Waals surface area contributed by atoms with Crippen molar-refractivity contribution in [1.82, 2.24) is 10.2 Å². The van der Waals surface area contributed by atoms with E-state index in [0.29, 0.717) is 30.2 Å². The number of nitrogens with zero attached hydrogens (tertiary/aromatic N) is 1. The molecule has 1 saturated heterocycles. The quantitative estimate of drug-likeness (QED) is 0.633. The smallest absolute Gasteiger partial charge is 0.318 e. The number of carbonyl (C=O) groups excluding carboxylic acids is 2. The molecule has 1 fully saturated rings. The van der Waals surface area contributed by atoms with E-state index in [0.717, 1.165) is 18.4 Å². The van der Waals surface area contributed by atoms with Crippen molar-refractivity contribution in [3.63, 3.8) is 0 Å². The molecular weight excluding hydrogens is 418 g/mol. The molecule has 2 N–H and O–H groups in total. The van der Waals surface area contributed by atoms with Crippen molar-refractivity contribution in [2.24, 2.45) is 5.92 Å². The predicted molar refractivity (Wildman–Crippen MR) is 130 cm³/mol. The molecule has 0 aliphatic carbocycles. The van der Waals surface area contributed by atoms with Crippen LogP contribution in [0.3, 0.4) is 0 Å². The van der Waals surface area contributed by atoms with E-state index in [-0.39, 0.29) is 29.9 Å². The molecule has 0 spiro atoms. The van der Waals surface area contributed by atoms with Crippen LogP contribution in [0.15, 0.2) is 42.5 Å². The number of nitrogens with one attached hydrogen (secondary N) is 2. The van der Waals surface area contributed by atoms with Gasteiger partial charge in [-0.1, -0.05) is 31.2 Å². The van der Waals surface area contributed by atoms with Gasteiger partial charge in [0.1, 0.15) is 11.5 Å². The Bertz CT molecular complexity index is 959. The van der Waals surface area contributed by atoms with E-state index < -0.39 is 0 Å². The van der Waals surface area contributed by atoms with Gasteiger partial charge in [-0.3, -0.25) is 4.79 Å². The van der Waals surface area contributed by atoms with Gasteiger partial charge in [0.2, 0.25) is 5.91 Å². The Morgan fingerprint density at radius 3 is 2.39 bits per heavy atom. The number of rotatable bonds is 7. The molecule has 178 valence electrons. The minimum Gasteiger partial charge on any atom is -0.497 e. The number of benzene rings is 2. The summed E-state index contributed by atoms with van der Waals surface area (Å²) in [5, 5.41) is 5.97. The van der Waals surface area contributed by atoms with E-state index in [2.05, 4.69) is 41.8 Å². The average Bonchev–Trinajstić information content (AvgIpc) is 2.83. The van der Waals surface area contributed by atoms with Crippen molar-refractivity contribution < 1.29 is 19.1 Å². The third-order valence-corrected chi connectivity index (χ3v) is 6.06. The van der Waals surface area contributed by atoms with Gasteiger partial charge in [0.15, 0.2) is 0 Å². The monoisotopic (exact) mass is 453 g/mol. The zero-order valence-electron chi connectivity index (χ0n) is 20.2. The van der Waals surface area contributed by atoms with E-state index in [1.165, 1.54) is 5.56 Å². The van der Waals surface area contributed by atoms with Crippen LogP contribution in [0, 0.1) is 5.92 Å². The van der Waals surface area contributed by atoms with Gasteiger partial charge in [-0.25, -0.2) is 4.79 Å². The van der Waals surface area contributed by atoms with Crippen LogP contribution in [-0.2, 0) is 11.2 Å². The van der Waals surface area contributed by atoms with Crippen molar-refractivity contribution in [2.45, 2.75) is 52.1 Å². The second-order valence-electron chi connectivity index (χ2n) is 8.70. The molecule has 7 nitrogen and oxygen atoms in total. The van der Waals surface area contributed by atoms with E-state index in [9.17, 15) is 9.59 Å². The molecule has 1 aliphatic heterocycles. The largest absolute Gasteiger partial charge is 0.497 e. The summed E-state index contributed by atoms with van der Waals surface area (Å²) in [6.07, 6.45) is 2.38. The van der Waals surface area contributed by atoms with Gasteiger partial charge in [0.25, 0.3) is 0 Å². The van der Waals surface area contributed by atoms with Gasteiger partial charge in [0, 0.05) is 18.7 Å². The summed E-state index contributed by atoms with van der Waals surface area (Å²) in [4.78, 5) is 28.0. The lowest BCUT2D eigenvalue weighted by Crippen LogP contribution is -2.50. The van der Waals surface area contributed by atoms with E-state index in [4.69, 9.17) is 9.47 Å². The molecule has 2 aromatic carbocycles. The Labute approximate surface area is 196 Å². The highest BCUT2D eigenvalue weighted by Gasteiger charge is 2.36. The first-order valence-electron chi connectivity index (χ1n) is 11.5. The lowest BCUT2D eigenvalue weighted by atomic mass is 9.88. The van der Waals surface area contributed by atoms with Crippen LogP contribution >= 0.6 is 0 Å². The van der Waals surface area contributed by atoms with Crippen molar-refractivity contribution in [3.8, 4) is 11.5 Å². The van der Waals surface area contributed by atoms with E-state index >= 15 is 0 Å². The second-order valence-corrected chi connectivity index (χ2v) is 8.70. The average molecular weight is 454 g/mol. The lowest BCUT2D eigenvalue weighted by molar-refractivity contribution is -0.121. The van der Waals surface area contributed by atoms with Crippen LogP contribution in [0.4, 0.5) is 10.5 Å². The maximum absolute atomic E-state index is 13.2. The van der Waals surface area contributed by atoms with Crippen molar-refractivity contribution in [2.75, 3.05) is 26.1 Å². The molecule has 3 amide bonds. The maximum atomic E-state index is 13.2. The lowest BCUT2D eigenvalue weighted by Gasteiger charge is -2.40. The summed E-state index contributed by atoms with van der Waals surface area (Å²) < 4.78 is 10.6. The highest BCUT2D eigenvalue weighted by atomic mass is 16.5. The predicted octanol–water partition coefficient (Wildman–Crippen LogP) is 4.78. The summed E-state index contributed by atoms with van der Waals surface area (Å²) in [5.74, 6) is 0.735. The number of hydrogen-bond donors (Lipinski definition) is 2. The molecule has 2 aromatic rings. The van der Waals surface area contributed by atoms with Crippen molar-refractivity contribution in [3.05, 3.63) is 53.6 Å². The fourth-order valence-corrected chi connectivity index (χ4v) is 4.20. The Morgan fingerprint density at radius 2 is 1.79 bits per heavy atom. The first-order chi connectivity index (χ1) is 15.9. The van der Waals surface area contributed by atoms with Gasteiger partial charge in [0.05, 0.1) is 31.9 Å². The minimum atomic E-state index is -0.319. The van der Waals surface area contributed by atoms with Crippen LogP contribution < -0.4 is 20.1 Å². The third kappa shape index (κ3) is 5.97. The molecule has 2 unspecified atom stereocenters. The number of carbonyl (C=O) groups is 2. The number of hydrogen-bond acceptors (Lipinski definition) is 4. The standard InChI is InChI=1S/C26H35N3O4/c1-6-18-7-9-19(10-8-18)23-14-11-20(16-29(23)26(31)27-17(2)3)25(30)28-22-13-12-21(32-4)15-24(22)33-5/h7-10,12-13,15,17,20,23H,6,11,14,16H2,1-5H3,(H,27,31)(H,28,30). The summed E-state index contributed by atoms with van der Waals surface area (Å²) in [6.45, 7) is 6.35. The normalized spacial score (nSPS) is 18.1. The molecule has 1 heterocycles. The second kappa shape index (κ2) is 11.1.